The van der Waals surface area contributed by atoms with Gasteiger partial charge in [0.2, 0.25) is 0 Å². The summed E-state index contributed by atoms with van der Waals surface area (Å²) in [7, 11) is 3.50. The summed E-state index contributed by atoms with van der Waals surface area (Å²) in [6.45, 7) is 1.81. The number of hydrogen-bond donors (Lipinski definition) is 2. The summed E-state index contributed by atoms with van der Waals surface area (Å²) in [5.74, 6) is 1.31. The van der Waals surface area contributed by atoms with Crippen molar-refractivity contribution in [3.63, 3.8) is 0 Å². The first-order chi connectivity index (χ1) is 9.76. The van der Waals surface area contributed by atoms with Crippen LogP contribution < -0.4 is 20.1 Å². The van der Waals surface area contributed by atoms with Crippen LogP contribution in [0.2, 0.25) is 0 Å². The van der Waals surface area contributed by atoms with Gasteiger partial charge in [0, 0.05) is 12.1 Å². The van der Waals surface area contributed by atoms with Gasteiger partial charge in [-0.05, 0) is 32.2 Å². The third-order valence-electron chi connectivity index (χ3n) is 3.11. The molecular formula is C15H21ClN2O3. The Bertz CT molecular complexity index is 518. The second-order valence-electron chi connectivity index (χ2n) is 4.55. The van der Waals surface area contributed by atoms with Gasteiger partial charge in [0.15, 0.2) is 11.5 Å². The first-order valence-electron chi connectivity index (χ1n) is 6.69. The molecule has 0 unspecified atom stereocenters. The molecule has 5 nitrogen and oxygen atoms in total. The highest BCUT2D eigenvalue weighted by molar-refractivity contribution is 5.99. The van der Waals surface area contributed by atoms with E-state index in [1.165, 1.54) is 0 Å². The predicted molar refractivity (Wildman–Crippen MR) is 85.3 cm³/mol. The molecule has 0 spiro atoms. The lowest BCUT2D eigenvalue weighted by atomic mass is 10.1. The molecule has 1 aromatic rings. The highest BCUT2D eigenvalue weighted by atomic mass is 35.5. The number of carbonyl (C=O) groups excluding carboxylic acids is 1. The average molecular weight is 313 g/mol. The Balaban J connectivity index is 0.00000220. The van der Waals surface area contributed by atoms with Crippen LogP contribution in [0.1, 0.15) is 12.0 Å². The fraction of sp³-hybridized carbons (Fsp3) is 0.400. The van der Waals surface area contributed by atoms with Gasteiger partial charge in [0.1, 0.15) is 6.61 Å². The van der Waals surface area contributed by atoms with E-state index in [1.807, 2.05) is 31.3 Å². The molecule has 21 heavy (non-hydrogen) atoms. The van der Waals surface area contributed by atoms with Crippen molar-refractivity contribution >= 4 is 24.4 Å². The lowest BCUT2D eigenvalue weighted by Crippen LogP contribution is -2.30. The van der Waals surface area contributed by atoms with E-state index < -0.39 is 0 Å². The van der Waals surface area contributed by atoms with Crippen molar-refractivity contribution in [3.8, 4) is 11.5 Å². The Hall–Kier alpha value is -1.72. The molecule has 0 atom stereocenters. The number of benzene rings is 1. The molecule has 0 radical (unpaired) electrons. The van der Waals surface area contributed by atoms with E-state index in [0.717, 1.165) is 18.5 Å². The maximum Gasteiger partial charge on any atom is 0.250 e. The molecule has 0 aromatic heterocycles. The van der Waals surface area contributed by atoms with Gasteiger partial charge in [-0.15, -0.1) is 12.4 Å². The highest BCUT2D eigenvalue weighted by Gasteiger charge is 2.19. The minimum absolute atomic E-state index is 0. The van der Waals surface area contributed by atoms with Crippen LogP contribution in [0.25, 0.3) is 6.08 Å². The van der Waals surface area contributed by atoms with E-state index >= 15 is 0 Å². The molecule has 1 aliphatic heterocycles. The lowest BCUT2D eigenvalue weighted by molar-refractivity contribution is -0.117. The normalized spacial score (nSPS) is 12.4. The van der Waals surface area contributed by atoms with Crippen molar-refractivity contribution in [3.05, 3.63) is 29.3 Å². The van der Waals surface area contributed by atoms with Crippen molar-refractivity contribution in [2.45, 2.75) is 6.42 Å². The second-order valence-corrected chi connectivity index (χ2v) is 4.55. The van der Waals surface area contributed by atoms with Crippen molar-refractivity contribution in [2.75, 3.05) is 33.9 Å². The number of halogens is 1. The fourth-order valence-corrected chi connectivity index (χ4v) is 2.05. The molecule has 2 N–H and O–H groups in total. The highest BCUT2D eigenvalue weighted by Crippen LogP contribution is 2.35. The number of para-hydroxylation sites is 1. The predicted octanol–water partition coefficient (Wildman–Crippen LogP) is 1.62. The van der Waals surface area contributed by atoms with Crippen molar-refractivity contribution in [1.82, 2.24) is 10.6 Å². The molecule has 6 heteroatoms. The summed E-state index contributed by atoms with van der Waals surface area (Å²) in [5, 5.41) is 5.93. The minimum Gasteiger partial charge on any atom is -0.493 e. The summed E-state index contributed by atoms with van der Waals surface area (Å²) in [5.41, 5.74) is 1.51. The van der Waals surface area contributed by atoms with E-state index in [4.69, 9.17) is 9.47 Å². The van der Waals surface area contributed by atoms with E-state index in [-0.39, 0.29) is 24.9 Å². The van der Waals surface area contributed by atoms with Crippen LogP contribution in [0.5, 0.6) is 11.5 Å². The monoisotopic (exact) mass is 312 g/mol. The van der Waals surface area contributed by atoms with Crippen LogP contribution >= 0.6 is 12.4 Å². The van der Waals surface area contributed by atoms with Gasteiger partial charge in [-0.1, -0.05) is 12.1 Å². The smallest absolute Gasteiger partial charge is 0.250 e. The number of carbonyl (C=O) groups is 1. The molecule has 1 aromatic carbocycles. The van der Waals surface area contributed by atoms with Crippen LogP contribution in [0, 0.1) is 0 Å². The van der Waals surface area contributed by atoms with E-state index in [9.17, 15) is 4.79 Å². The molecular weight excluding hydrogens is 292 g/mol. The zero-order valence-electron chi connectivity index (χ0n) is 12.3. The summed E-state index contributed by atoms with van der Waals surface area (Å²) in [4.78, 5) is 12.0. The average Bonchev–Trinajstić information content (AvgIpc) is 2.50. The summed E-state index contributed by atoms with van der Waals surface area (Å²) >= 11 is 0. The molecule has 1 amide bonds. The third-order valence-corrected chi connectivity index (χ3v) is 3.11. The van der Waals surface area contributed by atoms with Crippen LogP contribution in [-0.4, -0.2) is 39.8 Å². The Labute approximate surface area is 131 Å². The SMILES string of the molecule is CNCCCNC(=O)C1=Cc2cccc(OC)c2OC1.Cl. The van der Waals surface area contributed by atoms with Crippen molar-refractivity contribution < 1.29 is 14.3 Å². The topological polar surface area (TPSA) is 59.6 Å². The molecule has 0 saturated carbocycles. The van der Waals surface area contributed by atoms with Gasteiger partial charge in [0.25, 0.3) is 5.91 Å². The van der Waals surface area contributed by atoms with Gasteiger partial charge in [-0.25, -0.2) is 0 Å². The van der Waals surface area contributed by atoms with E-state index in [1.54, 1.807) is 7.11 Å². The molecule has 116 valence electrons. The molecule has 0 fully saturated rings. The maximum absolute atomic E-state index is 12.0. The number of amides is 1. The zero-order chi connectivity index (χ0) is 14.4. The van der Waals surface area contributed by atoms with Crippen LogP contribution in [-0.2, 0) is 4.79 Å². The third kappa shape index (κ3) is 4.37. The maximum atomic E-state index is 12.0. The van der Waals surface area contributed by atoms with Crippen LogP contribution in [0.15, 0.2) is 23.8 Å². The zero-order valence-corrected chi connectivity index (χ0v) is 13.1. The minimum atomic E-state index is -0.0745. The van der Waals surface area contributed by atoms with E-state index in [0.29, 0.717) is 23.6 Å². The summed E-state index contributed by atoms with van der Waals surface area (Å²) in [6.07, 6.45) is 2.76. The largest absolute Gasteiger partial charge is 0.493 e. The lowest BCUT2D eigenvalue weighted by Gasteiger charge is -2.19. The number of nitrogens with one attached hydrogen (secondary N) is 2. The Morgan fingerprint density at radius 2 is 2.19 bits per heavy atom. The van der Waals surface area contributed by atoms with Gasteiger partial charge < -0.3 is 20.1 Å². The first-order valence-corrected chi connectivity index (χ1v) is 6.69. The Morgan fingerprint density at radius 3 is 2.90 bits per heavy atom. The van der Waals surface area contributed by atoms with Crippen molar-refractivity contribution in [2.24, 2.45) is 0 Å². The second kappa shape index (κ2) is 8.54. The first kappa shape index (κ1) is 17.3. The summed E-state index contributed by atoms with van der Waals surface area (Å²) in [6, 6.07) is 5.63. The Morgan fingerprint density at radius 1 is 1.38 bits per heavy atom. The van der Waals surface area contributed by atoms with Crippen LogP contribution in [0.4, 0.5) is 0 Å². The number of rotatable bonds is 6. The molecule has 0 aliphatic carbocycles. The fourth-order valence-electron chi connectivity index (χ4n) is 2.05. The van der Waals surface area contributed by atoms with Gasteiger partial charge in [-0.2, -0.15) is 0 Å². The standard InChI is InChI=1S/C15H20N2O3.ClH/c1-16-7-4-8-17-15(18)12-9-11-5-3-6-13(19-2)14(11)20-10-12;/h3,5-6,9,16H,4,7-8,10H2,1-2H3,(H,17,18);1H. The molecule has 0 saturated heterocycles. The van der Waals surface area contributed by atoms with Crippen molar-refractivity contribution in [1.29, 1.82) is 0 Å². The number of fused-ring (bicyclic) bond motifs is 1. The van der Waals surface area contributed by atoms with Gasteiger partial charge >= 0.3 is 0 Å². The van der Waals surface area contributed by atoms with Gasteiger partial charge in [0.05, 0.1) is 12.7 Å². The molecule has 0 bridgehead atoms. The number of hydrogen-bond acceptors (Lipinski definition) is 4. The molecule has 2 rings (SSSR count). The van der Waals surface area contributed by atoms with Crippen LogP contribution in [0.3, 0.4) is 0 Å². The van der Waals surface area contributed by atoms with E-state index in [2.05, 4.69) is 10.6 Å². The number of methoxy groups -OCH3 is 1. The van der Waals surface area contributed by atoms with Gasteiger partial charge in [-0.3, -0.25) is 4.79 Å². The number of ether oxygens (including phenoxy) is 2. The summed E-state index contributed by atoms with van der Waals surface area (Å²) < 4.78 is 10.9. The molecule has 1 heterocycles. The Kier molecular flexibility index (Phi) is 7.05. The quantitative estimate of drug-likeness (QED) is 0.784. The molecule has 1 aliphatic rings.